The van der Waals surface area contributed by atoms with Crippen LogP contribution in [0.5, 0.6) is 0 Å². The van der Waals surface area contributed by atoms with Gasteiger partial charge in [-0.15, -0.1) is 0 Å². The molecule has 1 saturated heterocycles. The maximum atomic E-state index is 13.1. The molecule has 0 radical (unpaired) electrons. The molecule has 3 N–H and O–H groups in total. The minimum Gasteiger partial charge on any atom is -0.368 e. The number of nitrogens with zero attached hydrogens (tertiary/aromatic N) is 3. The molecule has 0 unspecified atom stereocenters. The van der Waals surface area contributed by atoms with Gasteiger partial charge in [-0.1, -0.05) is 0 Å². The summed E-state index contributed by atoms with van der Waals surface area (Å²) in [5, 5.41) is 3.23. The van der Waals surface area contributed by atoms with Gasteiger partial charge in [0, 0.05) is 32.4 Å². The number of carbonyl (C=O) groups is 1. The minimum atomic E-state index is -2.77. The Labute approximate surface area is 119 Å². The van der Waals surface area contributed by atoms with Gasteiger partial charge in [0.15, 0.2) is 11.5 Å². The first-order valence-corrected chi connectivity index (χ1v) is 6.63. The van der Waals surface area contributed by atoms with E-state index >= 15 is 0 Å². The Morgan fingerprint density at radius 2 is 2.05 bits per heavy atom. The maximum Gasteiger partial charge on any atom is 0.295 e. The highest BCUT2D eigenvalue weighted by Gasteiger charge is 2.22. The Morgan fingerprint density at radius 3 is 2.67 bits per heavy atom. The number of fused-ring (bicyclic) bond motifs is 1. The van der Waals surface area contributed by atoms with Crippen molar-refractivity contribution in [2.24, 2.45) is 5.73 Å². The number of amides is 1. The minimum absolute atomic E-state index is 0.128. The molecule has 1 amide bonds. The summed E-state index contributed by atoms with van der Waals surface area (Å²) in [4.78, 5) is 17.1. The number of anilines is 1. The first kappa shape index (κ1) is 13.7. The Morgan fingerprint density at radius 1 is 1.33 bits per heavy atom. The van der Waals surface area contributed by atoms with E-state index in [0.29, 0.717) is 5.52 Å². The lowest BCUT2D eigenvalue weighted by molar-refractivity contribution is 0.0996. The van der Waals surface area contributed by atoms with Crippen molar-refractivity contribution in [1.82, 2.24) is 14.7 Å². The number of primary amides is 1. The van der Waals surface area contributed by atoms with Crippen molar-refractivity contribution in [2.45, 2.75) is 6.43 Å². The smallest absolute Gasteiger partial charge is 0.295 e. The van der Waals surface area contributed by atoms with E-state index in [9.17, 15) is 13.6 Å². The summed E-state index contributed by atoms with van der Waals surface area (Å²) in [6, 6.07) is 3.40. The molecule has 0 bridgehead atoms. The second-order valence-electron chi connectivity index (χ2n) is 4.86. The fourth-order valence-electron chi connectivity index (χ4n) is 2.54. The van der Waals surface area contributed by atoms with Gasteiger partial charge in [-0.05, 0) is 12.1 Å². The van der Waals surface area contributed by atoms with Crippen LogP contribution in [0.4, 0.5) is 14.5 Å². The normalized spacial score (nSPS) is 15.9. The third-order valence-electron chi connectivity index (χ3n) is 3.56. The standard InChI is InChI=1S/C13H15F2N5O/c14-11(15)13-18-10(12(16)21)9-2-1-8(7-20(9)13)19-5-3-17-4-6-19/h1-2,7,11,17H,3-6H2,(H2,16,21). The fraction of sp³-hybridized carbons (Fsp3) is 0.385. The number of hydrogen-bond acceptors (Lipinski definition) is 4. The largest absolute Gasteiger partial charge is 0.368 e. The molecule has 0 atom stereocenters. The molecule has 21 heavy (non-hydrogen) atoms. The number of alkyl halides is 2. The molecule has 3 heterocycles. The molecule has 0 aromatic carbocycles. The van der Waals surface area contributed by atoms with Crippen LogP contribution in [0, 0.1) is 0 Å². The molecule has 1 aliphatic heterocycles. The first-order valence-electron chi connectivity index (χ1n) is 6.63. The third kappa shape index (κ3) is 2.42. The van der Waals surface area contributed by atoms with Crippen molar-refractivity contribution < 1.29 is 13.6 Å². The Hall–Kier alpha value is -2.22. The lowest BCUT2D eigenvalue weighted by atomic mass is 10.2. The van der Waals surface area contributed by atoms with Crippen LogP contribution in [-0.2, 0) is 0 Å². The predicted octanol–water partition coefficient (Wildman–Crippen LogP) is 0.780. The van der Waals surface area contributed by atoms with Gasteiger partial charge in [0.2, 0.25) is 0 Å². The van der Waals surface area contributed by atoms with Gasteiger partial charge in [-0.25, -0.2) is 13.8 Å². The highest BCUT2D eigenvalue weighted by molar-refractivity contribution is 5.98. The third-order valence-corrected chi connectivity index (χ3v) is 3.56. The van der Waals surface area contributed by atoms with Crippen molar-refractivity contribution in [1.29, 1.82) is 0 Å². The monoisotopic (exact) mass is 295 g/mol. The van der Waals surface area contributed by atoms with Crippen LogP contribution in [0.3, 0.4) is 0 Å². The van der Waals surface area contributed by atoms with Gasteiger partial charge in [-0.3, -0.25) is 9.20 Å². The summed E-state index contributed by atoms with van der Waals surface area (Å²) in [7, 11) is 0. The van der Waals surface area contributed by atoms with E-state index in [0.717, 1.165) is 31.9 Å². The molecule has 8 heteroatoms. The number of aromatic nitrogens is 2. The van der Waals surface area contributed by atoms with Crippen LogP contribution in [-0.4, -0.2) is 41.5 Å². The number of nitrogens with one attached hydrogen (secondary N) is 1. The molecule has 112 valence electrons. The highest BCUT2D eigenvalue weighted by Crippen LogP contribution is 2.25. The zero-order valence-corrected chi connectivity index (χ0v) is 11.2. The first-order chi connectivity index (χ1) is 10.1. The van der Waals surface area contributed by atoms with Crippen LogP contribution in [0.2, 0.25) is 0 Å². The molecule has 0 saturated carbocycles. The summed E-state index contributed by atoms with van der Waals surface area (Å²) in [5.74, 6) is -1.27. The van der Waals surface area contributed by atoms with E-state index in [4.69, 9.17) is 5.73 Å². The number of hydrogen-bond donors (Lipinski definition) is 2. The molecule has 1 aliphatic rings. The molecule has 1 fully saturated rings. The van der Waals surface area contributed by atoms with E-state index in [2.05, 4.69) is 15.2 Å². The fourth-order valence-corrected chi connectivity index (χ4v) is 2.54. The predicted molar refractivity (Wildman–Crippen MR) is 73.7 cm³/mol. The topological polar surface area (TPSA) is 75.7 Å². The van der Waals surface area contributed by atoms with Crippen molar-refractivity contribution in [3.8, 4) is 0 Å². The van der Waals surface area contributed by atoms with E-state index < -0.39 is 18.2 Å². The summed E-state index contributed by atoms with van der Waals surface area (Å²) in [6.45, 7) is 3.28. The van der Waals surface area contributed by atoms with Gasteiger partial charge in [0.1, 0.15) is 0 Å². The second kappa shape index (κ2) is 5.28. The van der Waals surface area contributed by atoms with E-state index in [-0.39, 0.29) is 5.69 Å². The molecule has 2 aromatic heterocycles. The number of piperazine rings is 1. The SMILES string of the molecule is NC(=O)c1nc(C(F)F)n2cc(N3CCNCC3)ccc12. The summed E-state index contributed by atoms with van der Waals surface area (Å²) in [6.07, 6.45) is -1.19. The number of carbonyl (C=O) groups excluding carboxylic acids is 1. The molecule has 0 spiro atoms. The number of pyridine rings is 1. The van der Waals surface area contributed by atoms with Crippen LogP contribution >= 0.6 is 0 Å². The van der Waals surface area contributed by atoms with Crippen molar-refractivity contribution in [3.05, 3.63) is 29.8 Å². The summed E-state index contributed by atoms with van der Waals surface area (Å²) >= 11 is 0. The molecule has 2 aromatic rings. The lowest BCUT2D eigenvalue weighted by Crippen LogP contribution is -2.43. The van der Waals surface area contributed by atoms with Crippen molar-refractivity contribution in [2.75, 3.05) is 31.1 Å². The second-order valence-corrected chi connectivity index (χ2v) is 4.86. The van der Waals surface area contributed by atoms with Crippen LogP contribution in [0.1, 0.15) is 22.7 Å². The van der Waals surface area contributed by atoms with Crippen molar-refractivity contribution >= 4 is 17.1 Å². The molecular formula is C13H15F2N5O. The van der Waals surface area contributed by atoms with Gasteiger partial charge in [-0.2, -0.15) is 0 Å². The average Bonchev–Trinajstić information content (AvgIpc) is 2.87. The van der Waals surface area contributed by atoms with Crippen LogP contribution in [0.15, 0.2) is 18.3 Å². The number of rotatable bonds is 3. The van der Waals surface area contributed by atoms with Gasteiger partial charge >= 0.3 is 0 Å². The lowest BCUT2D eigenvalue weighted by Gasteiger charge is -2.29. The van der Waals surface area contributed by atoms with Crippen LogP contribution < -0.4 is 16.0 Å². The van der Waals surface area contributed by atoms with Gasteiger partial charge in [0.05, 0.1) is 11.2 Å². The van der Waals surface area contributed by atoms with E-state index in [1.165, 1.54) is 4.40 Å². The van der Waals surface area contributed by atoms with E-state index in [1.54, 1.807) is 18.3 Å². The summed E-state index contributed by atoms with van der Waals surface area (Å²) in [5.41, 5.74) is 6.19. The molecule has 0 aliphatic carbocycles. The maximum absolute atomic E-state index is 13.1. The number of nitrogens with two attached hydrogens (primary N) is 1. The van der Waals surface area contributed by atoms with E-state index in [1.807, 2.05) is 0 Å². The zero-order valence-electron chi connectivity index (χ0n) is 11.2. The number of imidazole rings is 1. The van der Waals surface area contributed by atoms with Crippen LogP contribution in [0.25, 0.3) is 5.52 Å². The summed E-state index contributed by atoms with van der Waals surface area (Å²) < 4.78 is 27.4. The number of halogens is 2. The highest BCUT2D eigenvalue weighted by atomic mass is 19.3. The zero-order chi connectivity index (χ0) is 15.0. The average molecular weight is 295 g/mol. The Balaban J connectivity index is 2.11. The quantitative estimate of drug-likeness (QED) is 0.877. The van der Waals surface area contributed by atoms with Gasteiger partial charge in [0.25, 0.3) is 12.3 Å². The molecule has 3 rings (SSSR count). The Kier molecular flexibility index (Phi) is 3.46. The molecule has 6 nitrogen and oxygen atoms in total. The van der Waals surface area contributed by atoms with Crippen molar-refractivity contribution in [3.63, 3.8) is 0 Å². The molecular weight excluding hydrogens is 280 g/mol. The van der Waals surface area contributed by atoms with Gasteiger partial charge < -0.3 is 16.0 Å². The Bertz CT molecular complexity index is 678.